The molecule has 3 rings (SSSR count). The zero-order chi connectivity index (χ0) is 17.7. The fourth-order valence-electron chi connectivity index (χ4n) is 2.58. The smallest absolute Gasteiger partial charge is 0.274 e. The van der Waals surface area contributed by atoms with Gasteiger partial charge in [-0.3, -0.25) is 9.89 Å². The number of hydrogen-bond acceptors (Lipinski definition) is 5. The molecule has 0 radical (unpaired) electrons. The molecule has 24 heavy (non-hydrogen) atoms. The molecule has 1 aromatic heterocycles. The van der Waals surface area contributed by atoms with E-state index in [2.05, 4.69) is 29.4 Å². The Morgan fingerprint density at radius 3 is 2.62 bits per heavy atom. The molecule has 2 N–H and O–H groups in total. The second-order valence-corrected chi connectivity index (χ2v) is 6.78. The molecule has 7 nitrogen and oxygen atoms in total. The molecule has 2 heterocycles. The summed E-state index contributed by atoms with van der Waals surface area (Å²) in [4.78, 5) is 24.0. The van der Waals surface area contributed by atoms with Crippen molar-refractivity contribution in [3.8, 4) is 0 Å². The molecule has 134 valence electrons. The van der Waals surface area contributed by atoms with Gasteiger partial charge in [-0.05, 0) is 38.3 Å². The molecule has 0 aromatic carbocycles. The lowest BCUT2D eigenvalue weighted by Crippen LogP contribution is -2.33. The molecule has 1 saturated heterocycles. The normalized spacial score (nSPS) is 21.4. The maximum Gasteiger partial charge on any atom is 0.274 e. The highest BCUT2D eigenvalue weighted by Gasteiger charge is 2.42. The fraction of sp³-hybridized carbons (Fsp3) is 0.706. The third-order valence-electron chi connectivity index (χ3n) is 4.69. The van der Waals surface area contributed by atoms with Crippen molar-refractivity contribution < 1.29 is 14.3 Å². The number of likely N-dealkylation sites (N-methyl/N-ethyl adjacent to an activating group) is 1. The molecule has 1 aromatic rings. The van der Waals surface area contributed by atoms with Gasteiger partial charge in [-0.25, -0.2) is 0 Å². The molecular formula is C17H28N4O3. The van der Waals surface area contributed by atoms with Crippen molar-refractivity contribution in [1.82, 2.24) is 20.4 Å². The first-order valence-corrected chi connectivity index (χ1v) is 8.48. The number of methoxy groups -OCH3 is 1. The molecule has 1 aliphatic heterocycles. The van der Waals surface area contributed by atoms with Gasteiger partial charge >= 0.3 is 0 Å². The van der Waals surface area contributed by atoms with Crippen LogP contribution in [0.4, 0.5) is 0 Å². The maximum absolute atomic E-state index is 12.2. The number of aromatic amines is 1. The van der Waals surface area contributed by atoms with E-state index in [0.717, 1.165) is 44.3 Å². The van der Waals surface area contributed by atoms with E-state index < -0.39 is 0 Å². The van der Waals surface area contributed by atoms with Crippen molar-refractivity contribution in [3.63, 3.8) is 0 Å². The highest BCUT2D eigenvalue weighted by atomic mass is 16.5. The predicted molar refractivity (Wildman–Crippen MR) is 91.1 cm³/mol. The van der Waals surface area contributed by atoms with Gasteiger partial charge in [0.1, 0.15) is 11.3 Å². The van der Waals surface area contributed by atoms with Crippen LogP contribution in [0.5, 0.6) is 0 Å². The number of carbonyl (C=O) groups is 2. The number of nitrogens with zero attached hydrogens (tertiary/aromatic N) is 2. The Labute approximate surface area is 143 Å². The Balaban J connectivity index is 0.000000249. The van der Waals surface area contributed by atoms with Crippen molar-refractivity contribution in [2.45, 2.75) is 50.7 Å². The Bertz CT molecular complexity index is 566. The molecule has 1 atom stereocenters. The summed E-state index contributed by atoms with van der Waals surface area (Å²) in [5, 5.41) is 10.2. The first kappa shape index (κ1) is 18.6. The summed E-state index contributed by atoms with van der Waals surface area (Å²) in [5.41, 5.74) is 1.20. The van der Waals surface area contributed by atoms with Crippen LogP contribution in [0.1, 0.15) is 55.2 Å². The number of aldehydes is 1. The van der Waals surface area contributed by atoms with Gasteiger partial charge in [0, 0.05) is 31.9 Å². The van der Waals surface area contributed by atoms with Gasteiger partial charge in [-0.2, -0.15) is 5.10 Å². The van der Waals surface area contributed by atoms with E-state index in [9.17, 15) is 9.59 Å². The van der Waals surface area contributed by atoms with E-state index >= 15 is 0 Å². The number of nitrogens with one attached hydrogen (secondary N) is 2. The summed E-state index contributed by atoms with van der Waals surface area (Å²) in [6.07, 6.45) is 3.72. The molecule has 2 aliphatic rings. The van der Waals surface area contributed by atoms with Crippen molar-refractivity contribution in [2.24, 2.45) is 0 Å². The van der Waals surface area contributed by atoms with Crippen molar-refractivity contribution >= 4 is 12.2 Å². The lowest BCUT2D eigenvalue weighted by molar-refractivity contribution is -0.118. The first-order valence-electron chi connectivity index (χ1n) is 8.48. The van der Waals surface area contributed by atoms with Crippen LogP contribution < -0.4 is 5.32 Å². The molecule has 2 fully saturated rings. The van der Waals surface area contributed by atoms with Gasteiger partial charge in [0.05, 0.1) is 0 Å². The molecule has 0 spiro atoms. The van der Waals surface area contributed by atoms with Crippen LogP contribution in [-0.4, -0.2) is 66.2 Å². The van der Waals surface area contributed by atoms with E-state index in [1.54, 1.807) is 7.11 Å². The standard InChI is InChI=1S/C12H20N4O.C5H8O2/c1-8(2)10-6-11(15-14-10)12(17)16-5-4-9(7-16)13-3;1-7-5(4-6)2-3-5/h6,8-9,13H,4-5,7H2,1-3H3,(H,14,15);4H,2-3H2,1H3. The van der Waals surface area contributed by atoms with Crippen LogP contribution in [-0.2, 0) is 9.53 Å². The molecule has 1 aliphatic carbocycles. The van der Waals surface area contributed by atoms with Gasteiger partial charge in [0.25, 0.3) is 5.91 Å². The second kappa shape index (κ2) is 7.90. The SMILES string of the molecule is CNC1CCN(C(=O)c2cc(C(C)C)[nH]n2)C1.COC1(C=O)CC1. The highest BCUT2D eigenvalue weighted by molar-refractivity contribution is 5.92. The quantitative estimate of drug-likeness (QED) is 0.792. The van der Waals surface area contributed by atoms with Crippen LogP contribution in [0.25, 0.3) is 0 Å². The summed E-state index contributed by atoms with van der Waals surface area (Å²) < 4.78 is 4.83. The number of likely N-dealkylation sites (tertiary alicyclic amines) is 1. The van der Waals surface area contributed by atoms with E-state index in [-0.39, 0.29) is 11.5 Å². The van der Waals surface area contributed by atoms with Crippen LogP contribution in [0.15, 0.2) is 6.07 Å². The molecule has 7 heteroatoms. The summed E-state index contributed by atoms with van der Waals surface area (Å²) in [6.45, 7) is 5.75. The second-order valence-electron chi connectivity index (χ2n) is 6.78. The van der Waals surface area contributed by atoms with Gasteiger partial charge in [0.2, 0.25) is 0 Å². The molecule has 1 unspecified atom stereocenters. The van der Waals surface area contributed by atoms with E-state index in [1.807, 2.05) is 18.0 Å². The number of hydrogen-bond donors (Lipinski definition) is 2. The van der Waals surface area contributed by atoms with E-state index in [0.29, 0.717) is 17.7 Å². The Morgan fingerprint density at radius 2 is 2.25 bits per heavy atom. The monoisotopic (exact) mass is 336 g/mol. The average Bonchev–Trinajstić information content (AvgIpc) is 3.02. The third kappa shape index (κ3) is 4.42. The van der Waals surface area contributed by atoms with Gasteiger partial charge in [0.15, 0.2) is 6.29 Å². The van der Waals surface area contributed by atoms with Gasteiger partial charge in [-0.1, -0.05) is 13.8 Å². The number of aromatic nitrogens is 2. The maximum atomic E-state index is 12.2. The van der Waals surface area contributed by atoms with Crippen LogP contribution in [0.3, 0.4) is 0 Å². The van der Waals surface area contributed by atoms with Crippen molar-refractivity contribution in [1.29, 1.82) is 0 Å². The summed E-state index contributed by atoms with van der Waals surface area (Å²) in [7, 11) is 3.51. The van der Waals surface area contributed by atoms with Crippen molar-refractivity contribution in [3.05, 3.63) is 17.5 Å². The van der Waals surface area contributed by atoms with Crippen LogP contribution in [0, 0.1) is 0 Å². The Morgan fingerprint density at radius 1 is 1.54 bits per heavy atom. The molecule has 0 bridgehead atoms. The van der Waals surface area contributed by atoms with E-state index in [1.165, 1.54) is 0 Å². The zero-order valence-corrected chi connectivity index (χ0v) is 15.0. The molecule has 1 amide bonds. The summed E-state index contributed by atoms with van der Waals surface area (Å²) >= 11 is 0. The van der Waals surface area contributed by atoms with Gasteiger partial charge in [-0.15, -0.1) is 0 Å². The minimum Gasteiger partial charge on any atom is -0.371 e. The van der Waals surface area contributed by atoms with Gasteiger partial charge < -0.3 is 19.7 Å². The Kier molecular flexibility index (Phi) is 6.12. The molecule has 1 saturated carbocycles. The summed E-state index contributed by atoms with van der Waals surface area (Å²) in [6, 6.07) is 2.28. The third-order valence-corrected chi connectivity index (χ3v) is 4.69. The zero-order valence-electron chi connectivity index (χ0n) is 15.0. The lowest BCUT2D eigenvalue weighted by Gasteiger charge is -2.14. The minimum atomic E-state index is -0.347. The fourth-order valence-corrected chi connectivity index (χ4v) is 2.58. The number of H-pyrrole nitrogens is 1. The van der Waals surface area contributed by atoms with E-state index in [4.69, 9.17) is 4.74 Å². The molecular weight excluding hydrogens is 308 g/mol. The first-order chi connectivity index (χ1) is 11.4. The van der Waals surface area contributed by atoms with Crippen molar-refractivity contribution in [2.75, 3.05) is 27.2 Å². The number of rotatable bonds is 5. The minimum absolute atomic E-state index is 0.0332. The summed E-state index contributed by atoms with van der Waals surface area (Å²) in [5.74, 6) is 0.401. The topological polar surface area (TPSA) is 87.3 Å². The number of amides is 1. The highest BCUT2D eigenvalue weighted by Crippen LogP contribution is 2.36. The predicted octanol–water partition coefficient (Wildman–Crippen LogP) is 1.33. The number of ether oxygens (including phenoxy) is 1. The van der Waals surface area contributed by atoms with Crippen LogP contribution in [0.2, 0.25) is 0 Å². The number of carbonyl (C=O) groups excluding carboxylic acids is 2. The Hall–Kier alpha value is -1.73. The largest absolute Gasteiger partial charge is 0.371 e. The van der Waals surface area contributed by atoms with Crippen LogP contribution >= 0.6 is 0 Å². The lowest BCUT2D eigenvalue weighted by atomic mass is 10.1. The average molecular weight is 336 g/mol.